The summed E-state index contributed by atoms with van der Waals surface area (Å²) >= 11 is 0. The highest BCUT2D eigenvalue weighted by Gasteiger charge is 2.27. The number of unbranched alkanes of at least 4 members (excludes halogenated alkanes) is 1. The van der Waals surface area contributed by atoms with E-state index in [-0.39, 0.29) is 25.4 Å². The number of aliphatic hydroxyl groups is 1. The van der Waals surface area contributed by atoms with Crippen LogP contribution in [0.1, 0.15) is 38.2 Å². The molecule has 0 fully saturated rings. The number of carbonyl (C=O) groups excluding carboxylic acids is 1. The average Bonchev–Trinajstić information content (AvgIpc) is 2.44. The maximum atomic E-state index is 11.9. The van der Waals surface area contributed by atoms with Crippen LogP contribution >= 0.6 is 0 Å². The van der Waals surface area contributed by atoms with Crippen LogP contribution in [0, 0.1) is 0 Å². The number of nitrogens with one attached hydrogen (secondary N) is 1. The minimum atomic E-state index is -0.852. The highest BCUT2D eigenvalue weighted by atomic mass is 16.4. The number of carboxylic acids is 1. The van der Waals surface area contributed by atoms with Crippen molar-refractivity contribution in [2.75, 3.05) is 6.61 Å². The van der Waals surface area contributed by atoms with Crippen LogP contribution in [-0.2, 0) is 15.1 Å². The van der Waals surface area contributed by atoms with E-state index in [0.29, 0.717) is 12.8 Å². The Morgan fingerprint density at radius 1 is 1.15 bits per heavy atom. The van der Waals surface area contributed by atoms with Crippen molar-refractivity contribution in [2.24, 2.45) is 0 Å². The second-order valence-corrected chi connectivity index (χ2v) is 5.01. The van der Waals surface area contributed by atoms with Gasteiger partial charge in [0.1, 0.15) is 0 Å². The van der Waals surface area contributed by atoms with Gasteiger partial charge >= 0.3 is 5.97 Å². The molecular formula is C15H21NO4. The number of benzene rings is 1. The van der Waals surface area contributed by atoms with Gasteiger partial charge in [-0.15, -0.1) is 0 Å². The van der Waals surface area contributed by atoms with Gasteiger partial charge < -0.3 is 15.5 Å². The lowest BCUT2D eigenvalue weighted by atomic mass is 9.92. The second kappa shape index (κ2) is 7.65. The smallest absolute Gasteiger partial charge is 0.303 e. The summed E-state index contributed by atoms with van der Waals surface area (Å²) in [7, 11) is 0. The van der Waals surface area contributed by atoms with Crippen LogP contribution in [0.3, 0.4) is 0 Å². The number of hydrogen-bond donors (Lipinski definition) is 3. The summed E-state index contributed by atoms with van der Waals surface area (Å²) in [5.41, 5.74) is 0.0203. The van der Waals surface area contributed by atoms with Crippen LogP contribution < -0.4 is 5.32 Å². The first-order chi connectivity index (χ1) is 9.48. The molecule has 110 valence electrons. The molecule has 3 N–H and O–H groups in total. The van der Waals surface area contributed by atoms with E-state index >= 15 is 0 Å². The number of amides is 1. The number of carbonyl (C=O) groups is 2. The third kappa shape index (κ3) is 5.01. The molecule has 5 nitrogen and oxygen atoms in total. The molecule has 0 spiro atoms. The standard InChI is InChI=1S/C15H21NO4/c1-15(11-17,12-7-3-2-4-8-12)16-13(18)9-5-6-10-14(19)20/h2-4,7-8,17H,5-6,9-11H2,1H3,(H,16,18)(H,19,20). The summed E-state index contributed by atoms with van der Waals surface area (Å²) in [6, 6.07) is 9.27. The van der Waals surface area contributed by atoms with Crippen LogP contribution in [0.4, 0.5) is 0 Å². The number of aliphatic carboxylic acids is 1. The predicted molar refractivity (Wildman–Crippen MR) is 75.1 cm³/mol. The van der Waals surface area contributed by atoms with E-state index in [4.69, 9.17) is 5.11 Å². The summed E-state index contributed by atoms with van der Waals surface area (Å²) < 4.78 is 0. The quantitative estimate of drug-likeness (QED) is 0.632. The minimum Gasteiger partial charge on any atom is -0.481 e. The molecule has 0 heterocycles. The van der Waals surface area contributed by atoms with E-state index in [9.17, 15) is 14.7 Å². The fraction of sp³-hybridized carbons (Fsp3) is 0.467. The van der Waals surface area contributed by atoms with Gasteiger partial charge in [-0.3, -0.25) is 9.59 Å². The Morgan fingerprint density at radius 3 is 2.30 bits per heavy atom. The molecule has 1 rings (SSSR count). The van der Waals surface area contributed by atoms with Gasteiger partial charge in [0.05, 0.1) is 12.1 Å². The lowest BCUT2D eigenvalue weighted by Crippen LogP contribution is -2.46. The van der Waals surface area contributed by atoms with Gasteiger partial charge in [0.15, 0.2) is 0 Å². The lowest BCUT2D eigenvalue weighted by Gasteiger charge is -2.29. The molecule has 5 heteroatoms. The van der Waals surface area contributed by atoms with E-state index in [1.54, 1.807) is 6.92 Å². The third-order valence-corrected chi connectivity index (χ3v) is 3.19. The molecule has 0 aliphatic heterocycles. The van der Waals surface area contributed by atoms with E-state index in [2.05, 4.69) is 5.32 Å². The molecule has 0 aliphatic rings. The Hall–Kier alpha value is -1.88. The largest absolute Gasteiger partial charge is 0.481 e. The van der Waals surface area contributed by atoms with E-state index in [1.807, 2.05) is 30.3 Å². The Bertz CT molecular complexity index is 446. The summed E-state index contributed by atoms with van der Waals surface area (Å²) in [5, 5.41) is 20.9. The summed E-state index contributed by atoms with van der Waals surface area (Å²) in [6.45, 7) is 1.56. The van der Waals surface area contributed by atoms with Gasteiger partial charge in [-0.2, -0.15) is 0 Å². The first-order valence-electron chi connectivity index (χ1n) is 6.67. The molecule has 1 amide bonds. The topological polar surface area (TPSA) is 86.6 Å². The highest BCUT2D eigenvalue weighted by molar-refractivity contribution is 5.77. The molecule has 1 unspecified atom stereocenters. The van der Waals surface area contributed by atoms with Crippen molar-refractivity contribution in [2.45, 2.75) is 38.1 Å². The molecule has 1 atom stereocenters. The fourth-order valence-electron chi connectivity index (χ4n) is 1.94. The molecule has 0 saturated heterocycles. The summed E-state index contributed by atoms with van der Waals surface area (Å²) in [6.07, 6.45) is 1.33. The maximum absolute atomic E-state index is 11.9. The lowest BCUT2D eigenvalue weighted by molar-refractivity contribution is -0.137. The third-order valence-electron chi connectivity index (χ3n) is 3.19. The number of hydrogen-bond acceptors (Lipinski definition) is 3. The monoisotopic (exact) mass is 279 g/mol. The van der Waals surface area contributed by atoms with Crippen molar-refractivity contribution in [1.82, 2.24) is 5.32 Å². The summed E-state index contributed by atoms with van der Waals surface area (Å²) in [5.74, 6) is -1.04. The highest BCUT2D eigenvalue weighted by Crippen LogP contribution is 2.20. The fourth-order valence-corrected chi connectivity index (χ4v) is 1.94. The zero-order valence-corrected chi connectivity index (χ0v) is 11.6. The normalized spacial score (nSPS) is 13.5. The Balaban J connectivity index is 2.51. The zero-order valence-electron chi connectivity index (χ0n) is 11.6. The first-order valence-corrected chi connectivity index (χ1v) is 6.67. The van der Waals surface area contributed by atoms with Crippen molar-refractivity contribution < 1.29 is 19.8 Å². The van der Waals surface area contributed by atoms with Gasteiger partial charge in [-0.05, 0) is 25.3 Å². The minimum absolute atomic E-state index is 0.0727. The molecular weight excluding hydrogens is 258 g/mol. The SMILES string of the molecule is CC(CO)(NC(=O)CCCCC(=O)O)c1ccccc1. The average molecular weight is 279 g/mol. The van der Waals surface area contributed by atoms with Crippen LogP contribution in [0.5, 0.6) is 0 Å². The second-order valence-electron chi connectivity index (χ2n) is 5.01. The molecule has 0 radical (unpaired) electrons. The Kier molecular flexibility index (Phi) is 6.18. The number of carboxylic acid groups (broad SMARTS) is 1. The molecule has 0 aromatic heterocycles. The predicted octanol–water partition coefficient (Wildman–Crippen LogP) is 1.66. The first kappa shape index (κ1) is 16.2. The number of rotatable bonds is 8. The van der Waals surface area contributed by atoms with Crippen molar-refractivity contribution in [1.29, 1.82) is 0 Å². The van der Waals surface area contributed by atoms with Crippen molar-refractivity contribution >= 4 is 11.9 Å². The van der Waals surface area contributed by atoms with Crippen LogP contribution in [0.15, 0.2) is 30.3 Å². The zero-order chi connectivity index (χ0) is 15.0. The molecule has 1 aromatic carbocycles. The molecule has 20 heavy (non-hydrogen) atoms. The summed E-state index contributed by atoms with van der Waals surface area (Å²) in [4.78, 5) is 22.2. The Labute approximate surface area is 118 Å². The number of aliphatic hydroxyl groups excluding tert-OH is 1. The Morgan fingerprint density at radius 2 is 1.75 bits per heavy atom. The van der Waals surface area contributed by atoms with Crippen LogP contribution in [-0.4, -0.2) is 28.7 Å². The van der Waals surface area contributed by atoms with Gasteiger partial charge in [-0.25, -0.2) is 0 Å². The molecule has 0 aliphatic carbocycles. The van der Waals surface area contributed by atoms with Gasteiger partial charge in [0.25, 0.3) is 0 Å². The molecule has 1 aromatic rings. The van der Waals surface area contributed by atoms with Crippen molar-refractivity contribution in [3.8, 4) is 0 Å². The molecule has 0 saturated carbocycles. The van der Waals surface area contributed by atoms with Crippen LogP contribution in [0.2, 0.25) is 0 Å². The van der Waals surface area contributed by atoms with Gasteiger partial charge in [-0.1, -0.05) is 30.3 Å². The van der Waals surface area contributed by atoms with Crippen molar-refractivity contribution in [3.63, 3.8) is 0 Å². The van der Waals surface area contributed by atoms with Crippen LogP contribution in [0.25, 0.3) is 0 Å². The van der Waals surface area contributed by atoms with E-state index in [0.717, 1.165) is 5.56 Å². The van der Waals surface area contributed by atoms with E-state index in [1.165, 1.54) is 0 Å². The van der Waals surface area contributed by atoms with Gasteiger partial charge in [0, 0.05) is 12.8 Å². The van der Waals surface area contributed by atoms with Crippen molar-refractivity contribution in [3.05, 3.63) is 35.9 Å². The molecule has 0 bridgehead atoms. The van der Waals surface area contributed by atoms with Gasteiger partial charge in [0.2, 0.25) is 5.91 Å². The maximum Gasteiger partial charge on any atom is 0.303 e. The van der Waals surface area contributed by atoms with E-state index < -0.39 is 11.5 Å².